The van der Waals surface area contributed by atoms with E-state index in [-0.39, 0.29) is 11.8 Å². The van der Waals surface area contributed by atoms with Crippen molar-refractivity contribution < 1.29 is 9.32 Å². The third kappa shape index (κ3) is 4.00. The van der Waals surface area contributed by atoms with Gasteiger partial charge >= 0.3 is 0 Å². The molecule has 1 amide bonds. The zero-order chi connectivity index (χ0) is 21.9. The summed E-state index contributed by atoms with van der Waals surface area (Å²) in [6, 6.07) is 11.9. The molecule has 164 valence electrons. The number of benzene rings is 1. The summed E-state index contributed by atoms with van der Waals surface area (Å²) in [5, 5.41) is 4.11. The van der Waals surface area contributed by atoms with Crippen LogP contribution in [0, 0.1) is 0 Å². The number of nitrogens with zero attached hydrogens (tertiary/aromatic N) is 6. The van der Waals surface area contributed by atoms with Crippen LogP contribution < -0.4 is 0 Å². The first-order chi connectivity index (χ1) is 15.7. The summed E-state index contributed by atoms with van der Waals surface area (Å²) in [5.74, 6) is 2.36. The Hall–Kier alpha value is -3.55. The van der Waals surface area contributed by atoms with Gasteiger partial charge < -0.3 is 14.0 Å². The summed E-state index contributed by atoms with van der Waals surface area (Å²) in [5.41, 5.74) is 2.89. The lowest BCUT2D eigenvalue weighted by atomic mass is 9.97. The lowest BCUT2D eigenvalue weighted by molar-refractivity contribution is -0.132. The van der Waals surface area contributed by atoms with Gasteiger partial charge in [-0.3, -0.25) is 9.78 Å². The predicted octanol–water partition coefficient (Wildman–Crippen LogP) is 3.84. The summed E-state index contributed by atoms with van der Waals surface area (Å²) in [6.07, 6.45) is 6.58. The molecule has 0 N–H and O–H groups in total. The molecule has 32 heavy (non-hydrogen) atoms. The Balaban J connectivity index is 1.25. The first kappa shape index (κ1) is 20.4. The lowest BCUT2D eigenvalue weighted by Gasteiger charge is -2.31. The van der Waals surface area contributed by atoms with E-state index >= 15 is 0 Å². The maximum Gasteiger partial charge on any atom is 0.231 e. The normalized spacial score (nSPS) is 16.5. The van der Waals surface area contributed by atoms with Crippen LogP contribution in [0.4, 0.5) is 0 Å². The molecule has 1 fully saturated rings. The molecule has 8 heteroatoms. The number of rotatable bonds is 6. The summed E-state index contributed by atoms with van der Waals surface area (Å²) in [4.78, 5) is 28.4. The molecule has 5 rings (SSSR count). The number of carbonyl (C=O) groups is 1. The Bertz CT molecular complexity index is 1220. The molecule has 0 aliphatic carbocycles. The van der Waals surface area contributed by atoms with Gasteiger partial charge in [-0.05, 0) is 37.1 Å². The molecule has 1 atom stereocenters. The fourth-order valence-corrected chi connectivity index (χ4v) is 4.43. The molecule has 8 nitrogen and oxygen atoms in total. The number of aryl methyl sites for hydroxylation is 2. The summed E-state index contributed by atoms with van der Waals surface area (Å²) in [6.45, 7) is 4.11. The molecule has 1 aromatic carbocycles. The van der Waals surface area contributed by atoms with E-state index in [9.17, 15) is 4.79 Å². The minimum absolute atomic E-state index is 0.0610. The van der Waals surface area contributed by atoms with Gasteiger partial charge in [0.25, 0.3) is 0 Å². The molecule has 0 saturated carbocycles. The maximum atomic E-state index is 13.0. The number of aromatic nitrogens is 5. The topological polar surface area (TPSA) is 89.9 Å². The summed E-state index contributed by atoms with van der Waals surface area (Å²) < 4.78 is 7.72. The van der Waals surface area contributed by atoms with E-state index in [1.165, 1.54) is 0 Å². The quantitative estimate of drug-likeness (QED) is 0.462. The average Bonchev–Trinajstić information content (AvgIpc) is 3.48. The van der Waals surface area contributed by atoms with Crippen LogP contribution in [0.5, 0.6) is 0 Å². The van der Waals surface area contributed by atoms with E-state index in [0.29, 0.717) is 31.2 Å². The first-order valence-corrected chi connectivity index (χ1v) is 11.2. The second-order valence-electron chi connectivity index (χ2n) is 8.15. The minimum Gasteiger partial charge on any atom is -0.342 e. The second kappa shape index (κ2) is 8.90. The van der Waals surface area contributed by atoms with Crippen LogP contribution in [0.25, 0.3) is 22.4 Å². The van der Waals surface area contributed by atoms with E-state index in [0.717, 1.165) is 48.2 Å². The minimum atomic E-state index is 0.0610. The largest absolute Gasteiger partial charge is 0.342 e. The summed E-state index contributed by atoms with van der Waals surface area (Å²) >= 11 is 0. The highest BCUT2D eigenvalue weighted by atomic mass is 16.5. The third-order valence-electron chi connectivity index (χ3n) is 6.08. The van der Waals surface area contributed by atoms with Crippen LogP contribution in [-0.4, -0.2) is 48.6 Å². The van der Waals surface area contributed by atoms with E-state index in [2.05, 4.69) is 32.7 Å². The molecule has 4 heterocycles. The number of imidazole rings is 1. The van der Waals surface area contributed by atoms with Crippen molar-refractivity contribution in [3.05, 3.63) is 60.5 Å². The number of carbonyl (C=O) groups excluding carboxylic acids is 1. The van der Waals surface area contributed by atoms with Crippen molar-refractivity contribution in [2.75, 3.05) is 13.1 Å². The Kier molecular flexibility index (Phi) is 5.66. The number of fused-ring (bicyclic) bond motifs is 1. The smallest absolute Gasteiger partial charge is 0.231 e. The number of likely N-dealkylation sites (tertiary alicyclic amines) is 1. The molecular formula is C24H26N6O2. The van der Waals surface area contributed by atoms with Crippen molar-refractivity contribution in [2.24, 2.45) is 0 Å². The molecule has 0 bridgehead atoms. The first-order valence-electron chi connectivity index (χ1n) is 11.2. The van der Waals surface area contributed by atoms with Crippen LogP contribution in [0.15, 0.2) is 53.3 Å². The molecule has 4 aromatic rings. The zero-order valence-electron chi connectivity index (χ0n) is 18.1. The van der Waals surface area contributed by atoms with Gasteiger partial charge in [-0.15, -0.1) is 0 Å². The van der Waals surface area contributed by atoms with Crippen molar-refractivity contribution in [2.45, 2.75) is 45.1 Å². The maximum absolute atomic E-state index is 13.0. The Morgan fingerprint density at radius 2 is 2.09 bits per heavy atom. The highest BCUT2D eigenvalue weighted by molar-refractivity contribution is 5.78. The van der Waals surface area contributed by atoms with Gasteiger partial charge in [-0.2, -0.15) is 4.98 Å². The molecule has 0 unspecified atom stereocenters. The second-order valence-corrected chi connectivity index (χ2v) is 8.15. The van der Waals surface area contributed by atoms with Gasteiger partial charge in [0.05, 0.1) is 17.0 Å². The van der Waals surface area contributed by atoms with Crippen molar-refractivity contribution in [3.8, 4) is 11.4 Å². The Labute approximate surface area is 186 Å². The Morgan fingerprint density at radius 1 is 1.19 bits per heavy atom. The average molecular weight is 431 g/mol. The van der Waals surface area contributed by atoms with Crippen LogP contribution in [0.2, 0.25) is 0 Å². The van der Waals surface area contributed by atoms with Crippen molar-refractivity contribution in [1.29, 1.82) is 0 Å². The molecule has 1 aliphatic heterocycles. The number of hydrogen-bond donors (Lipinski definition) is 0. The number of amides is 1. The van der Waals surface area contributed by atoms with Gasteiger partial charge in [0.15, 0.2) is 0 Å². The SMILES string of the molecule is CCc1nc2ccccc2n1CCC(=O)N1CCC[C@H](c2nc(-c3cccnc3)no2)C1. The fraction of sp³-hybridized carbons (Fsp3) is 0.375. The van der Waals surface area contributed by atoms with E-state index in [1.54, 1.807) is 12.4 Å². The molecule has 0 spiro atoms. The predicted molar refractivity (Wildman–Crippen MR) is 120 cm³/mol. The van der Waals surface area contributed by atoms with Gasteiger partial charge in [0.1, 0.15) is 5.82 Å². The fourth-order valence-electron chi connectivity index (χ4n) is 4.43. The van der Waals surface area contributed by atoms with Gasteiger partial charge in [-0.25, -0.2) is 4.98 Å². The molecular weight excluding hydrogens is 404 g/mol. The number of hydrogen-bond acceptors (Lipinski definition) is 6. The zero-order valence-corrected chi connectivity index (χ0v) is 18.1. The Morgan fingerprint density at radius 3 is 2.94 bits per heavy atom. The van der Waals surface area contributed by atoms with Gasteiger partial charge in [-0.1, -0.05) is 24.2 Å². The number of piperidine rings is 1. The number of pyridine rings is 1. The molecule has 1 aliphatic rings. The van der Waals surface area contributed by atoms with Crippen LogP contribution >= 0.6 is 0 Å². The van der Waals surface area contributed by atoms with Gasteiger partial charge in [0, 0.05) is 50.4 Å². The molecule has 1 saturated heterocycles. The highest BCUT2D eigenvalue weighted by Crippen LogP contribution is 2.28. The standard InChI is InChI=1S/C24H26N6O2/c1-2-21-26-19-9-3-4-10-20(19)30(21)14-11-22(31)29-13-6-8-18(16-29)24-27-23(28-32-24)17-7-5-12-25-15-17/h3-5,7,9-10,12,15,18H,2,6,8,11,13-14,16H2,1H3/t18-/m0/s1. The monoisotopic (exact) mass is 430 g/mol. The van der Waals surface area contributed by atoms with E-state index in [4.69, 9.17) is 9.51 Å². The molecule has 3 aromatic heterocycles. The van der Waals surface area contributed by atoms with Crippen molar-refractivity contribution in [3.63, 3.8) is 0 Å². The van der Waals surface area contributed by atoms with E-state index in [1.807, 2.05) is 35.2 Å². The summed E-state index contributed by atoms with van der Waals surface area (Å²) in [7, 11) is 0. The highest BCUT2D eigenvalue weighted by Gasteiger charge is 2.28. The van der Waals surface area contributed by atoms with Crippen molar-refractivity contribution in [1.82, 2.24) is 29.6 Å². The van der Waals surface area contributed by atoms with Crippen LogP contribution in [0.1, 0.15) is 43.8 Å². The van der Waals surface area contributed by atoms with Gasteiger partial charge in [0.2, 0.25) is 17.6 Å². The lowest BCUT2D eigenvalue weighted by Crippen LogP contribution is -2.39. The molecule has 0 radical (unpaired) electrons. The number of para-hydroxylation sites is 2. The van der Waals surface area contributed by atoms with Crippen molar-refractivity contribution >= 4 is 16.9 Å². The van der Waals surface area contributed by atoms with Crippen LogP contribution in [-0.2, 0) is 17.8 Å². The van der Waals surface area contributed by atoms with E-state index < -0.39 is 0 Å². The van der Waals surface area contributed by atoms with Crippen LogP contribution in [0.3, 0.4) is 0 Å². The third-order valence-corrected chi connectivity index (χ3v) is 6.08.